The summed E-state index contributed by atoms with van der Waals surface area (Å²) in [7, 11) is 1.66. The molecule has 0 bridgehead atoms. The number of nitrogens with zero attached hydrogens (tertiary/aromatic N) is 3. The maximum Gasteiger partial charge on any atom is 0.271 e. The van der Waals surface area contributed by atoms with Crippen LogP contribution in [0.1, 0.15) is 36.2 Å². The first-order valence-electron chi connectivity index (χ1n) is 8.19. The van der Waals surface area contributed by atoms with Crippen LogP contribution in [-0.4, -0.2) is 71.7 Å². The lowest BCUT2D eigenvalue weighted by Gasteiger charge is -2.47. The summed E-state index contributed by atoms with van der Waals surface area (Å²) >= 11 is 0. The second-order valence-electron chi connectivity index (χ2n) is 6.57. The zero-order chi connectivity index (χ0) is 16.3. The number of ether oxygens (including phenoxy) is 1. The Morgan fingerprint density at radius 3 is 2.83 bits per heavy atom. The van der Waals surface area contributed by atoms with Gasteiger partial charge in [-0.2, -0.15) is 5.10 Å². The van der Waals surface area contributed by atoms with Crippen molar-refractivity contribution in [1.29, 1.82) is 0 Å². The van der Waals surface area contributed by atoms with E-state index in [0.29, 0.717) is 25.3 Å². The Labute approximate surface area is 136 Å². The van der Waals surface area contributed by atoms with Crippen LogP contribution in [0.15, 0.2) is 12.3 Å². The van der Waals surface area contributed by atoms with Crippen molar-refractivity contribution in [2.75, 3.05) is 39.9 Å². The van der Waals surface area contributed by atoms with Crippen LogP contribution in [0.3, 0.4) is 0 Å². The van der Waals surface area contributed by atoms with Gasteiger partial charge in [-0.15, -0.1) is 0 Å². The number of carbonyl (C=O) groups is 2. The van der Waals surface area contributed by atoms with Crippen molar-refractivity contribution < 1.29 is 14.3 Å². The fraction of sp³-hybridized carbons (Fsp3) is 0.688. The number of H-pyrrole nitrogens is 1. The fourth-order valence-electron chi connectivity index (χ4n) is 3.65. The van der Waals surface area contributed by atoms with Crippen molar-refractivity contribution >= 4 is 11.8 Å². The lowest BCUT2D eigenvalue weighted by molar-refractivity contribution is -0.139. The SMILES string of the molecule is COCCN1CC2(CCC1=O)CCN(C(=O)c1ccn[nH]1)CC2. The van der Waals surface area contributed by atoms with Gasteiger partial charge in [-0.25, -0.2) is 0 Å². The molecule has 2 aliphatic heterocycles. The van der Waals surface area contributed by atoms with Gasteiger partial charge in [-0.1, -0.05) is 0 Å². The van der Waals surface area contributed by atoms with Gasteiger partial charge in [0.2, 0.25) is 5.91 Å². The van der Waals surface area contributed by atoms with E-state index in [-0.39, 0.29) is 17.2 Å². The van der Waals surface area contributed by atoms with E-state index in [4.69, 9.17) is 4.74 Å². The molecule has 1 aromatic heterocycles. The van der Waals surface area contributed by atoms with E-state index in [1.807, 2.05) is 9.80 Å². The summed E-state index contributed by atoms with van der Waals surface area (Å²) in [5.74, 6) is 0.240. The van der Waals surface area contributed by atoms with E-state index in [1.54, 1.807) is 19.4 Å². The molecule has 1 spiro atoms. The zero-order valence-corrected chi connectivity index (χ0v) is 13.6. The quantitative estimate of drug-likeness (QED) is 0.894. The number of likely N-dealkylation sites (tertiary alicyclic amines) is 2. The molecule has 1 N–H and O–H groups in total. The summed E-state index contributed by atoms with van der Waals surface area (Å²) < 4.78 is 5.10. The molecule has 0 radical (unpaired) electrons. The fourth-order valence-corrected chi connectivity index (χ4v) is 3.65. The summed E-state index contributed by atoms with van der Waals surface area (Å²) in [6, 6.07) is 1.71. The monoisotopic (exact) mass is 320 g/mol. The summed E-state index contributed by atoms with van der Waals surface area (Å²) in [4.78, 5) is 28.2. The molecule has 23 heavy (non-hydrogen) atoms. The van der Waals surface area contributed by atoms with Crippen molar-refractivity contribution in [3.63, 3.8) is 0 Å². The number of methoxy groups -OCH3 is 1. The van der Waals surface area contributed by atoms with E-state index in [9.17, 15) is 9.59 Å². The second kappa shape index (κ2) is 6.70. The summed E-state index contributed by atoms with van der Waals surface area (Å²) in [6.07, 6.45) is 5.03. The Kier molecular flexibility index (Phi) is 4.66. The highest BCUT2D eigenvalue weighted by molar-refractivity contribution is 5.92. The van der Waals surface area contributed by atoms with Crippen molar-refractivity contribution in [3.05, 3.63) is 18.0 Å². The van der Waals surface area contributed by atoms with Gasteiger partial charge in [0.15, 0.2) is 0 Å². The second-order valence-corrected chi connectivity index (χ2v) is 6.57. The molecular weight excluding hydrogens is 296 g/mol. The molecule has 3 rings (SSSR count). The van der Waals surface area contributed by atoms with Crippen LogP contribution in [0.25, 0.3) is 0 Å². The lowest BCUT2D eigenvalue weighted by Crippen LogP contribution is -2.53. The smallest absolute Gasteiger partial charge is 0.271 e. The van der Waals surface area contributed by atoms with Crippen molar-refractivity contribution in [2.45, 2.75) is 25.7 Å². The van der Waals surface area contributed by atoms with E-state index >= 15 is 0 Å². The molecule has 2 saturated heterocycles. The average Bonchev–Trinajstić information content (AvgIpc) is 3.11. The van der Waals surface area contributed by atoms with Gasteiger partial charge in [0, 0.05) is 45.9 Å². The number of amides is 2. The van der Waals surface area contributed by atoms with E-state index in [0.717, 1.165) is 38.9 Å². The van der Waals surface area contributed by atoms with Gasteiger partial charge in [0.1, 0.15) is 5.69 Å². The number of aromatic nitrogens is 2. The number of rotatable bonds is 4. The first kappa shape index (κ1) is 16.0. The van der Waals surface area contributed by atoms with E-state index in [2.05, 4.69) is 10.2 Å². The minimum absolute atomic E-state index is 0.0143. The molecule has 0 atom stereocenters. The Hall–Kier alpha value is -1.89. The number of hydrogen-bond donors (Lipinski definition) is 1. The Bertz CT molecular complexity index is 550. The highest BCUT2D eigenvalue weighted by atomic mass is 16.5. The third-order valence-corrected chi connectivity index (χ3v) is 5.16. The minimum atomic E-state index is 0.0143. The van der Waals surface area contributed by atoms with Crippen molar-refractivity contribution in [3.8, 4) is 0 Å². The molecule has 2 amide bonds. The number of carbonyl (C=O) groups excluding carboxylic acids is 2. The topological polar surface area (TPSA) is 78.5 Å². The highest BCUT2D eigenvalue weighted by Gasteiger charge is 2.41. The van der Waals surface area contributed by atoms with Crippen LogP contribution in [0.4, 0.5) is 0 Å². The minimum Gasteiger partial charge on any atom is -0.383 e. The number of piperidine rings is 2. The van der Waals surface area contributed by atoms with Gasteiger partial charge >= 0.3 is 0 Å². The molecule has 0 aromatic carbocycles. The maximum absolute atomic E-state index is 12.4. The van der Waals surface area contributed by atoms with Crippen LogP contribution in [0, 0.1) is 5.41 Å². The Balaban J connectivity index is 1.59. The molecule has 0 aliphatic carbocycles. The normalized spacial score (nSPS) is 21.0. The molecule has 0 saturated carbocycles. The molecule has 2 fully saturated rings. The van der Waals surface area contributed by atoms with Crippen molar-refractivity contribution in [2.24, 2.45) is 5.41 Å². The summed E-state index contributed by atoms with van der Waals surface area (Å²) in [6.45, 7) is 3.51. The maximum atomic E-state index is 12.4. The molecule has 3 heterocycles. The molecule has 126 valence electrons. The van der Waals surface area contributed by atoms with Gasteiger partial charge < -0.3 is 14.5 Å². The van der Waals surface area contributed by atoms with Gasteiger partial charge in [0.05, 0.1) is 6.61 Å². The largest absolute Gasteiger partial charge is 0.383 e. The van der Waals surface area contributed by atoms with E-state index < -0.39 is 0 Å². The first-order valence-corrected chi connectivity index (χ1v) is 8.19. The molecule has 2 aliphatic rings. The van der Waals surface area contributed by atoms with E-state index in [1.165, 1.54) is 0 Å². The average molecular weight is 320 g/mol. The predicted molar refractivity (Wildman–Crippen MR) is 83.8 cm³/mol. The van der Waals surface area contributed by atoms with Gasteiger partial charge in [0.25, 0.3) is 5.91 Å². The highest BCUT2D eigenvalue weighted by Crippen LogP contribution is 2.40. The third-order valence-electron chi connectivity index (χ3n) is 5.16. The van der Waals surface area contributed by atoms with Crippen LogP contribution in [0.2, 0.25) is 0 Å². The molecule has 0 unspecified atom stereocenters. The Morgan fingerprint density at radius 1 is 1.39 bits per heavy atom. The van der Waals surface area contributed by atoms with Crippen LogP contribution >= 0.6 is 0 Å². The third kappa shape index (κ3) is 3.39. The lowest BCUT2D eigenvalue weighted by atomic mass is 9.72. The van der Waals surface area contributed by atoms with Crippen LogP contribution < -0.4 is 0 Å². The predicted octanol–water partition coefficient (Wildman–Crippen LogP) is 0.901. The van der Waals surface area contributed by atoms with Crippen LogP contribution in [-0.2, 0) is 9.53 Å². The molecular formula is C16H24N4O3. The standard InChI is InChI=1S/C16H24N4O3/c1-23-11-10-20-12-16(4-2-14(20)21)5-8-19(9-6-16)15(22)13-3-7-17-18-13/h3,7H,2,4-6,8-12H2,1H3,(H,17,18). The number of nitrogens with one attached hydrogen (secondary N) is 1. The zero-order valence-electron chi connectivity index (χ0n) is 13.6. The van der Waals surface area contributed by atoms with Crippen LogP contribution in [0.5, 0.6) is 0 Å². The number of aromatic amines is 1. The molecule has 1 aromatic rings. The molecule has 7 nitrogen and oxygen atoms in total. The van der Waals surface area contributed by atoms with Crippen molar-refractivity contribution in [1.82, 2.24) is 20.0 Å². The van der Waals surface area contributed by atoms with Gasteiger partial charge in [-0.3, -0.25) is 14.7 Å². The van der Waals surface area contributed by atoms with Gasteiger partial charge in [-0.05, 0) is 30.7 Å². The summed E-state index contributed by atoms with van der Waals surface area (Å²) in [5, 5.41) is 6.57. The summed E-state index contributed by atoms with van der Waals surface area (Å²) in [5.41, 5.74) is 0.702. The number of hydrogen-bond acceptors (Lipinski definition) is 4. The Morgan fingerprint density at radius 2 is 2.17 bits per heavy atom. The first-order chi connectivity index (χ1) is 11.1. The molecule has 7 heteroatoms.